The van der Waals surface area contributed by atoms with Crippen molar-refractivity contribution in [2.45, 2.75) is 19.8 Å². The molecular formula is C15H25N3O. The molecule has 0 fully saturated rings. The predicted octanol–water partition coefficient (Wildman–Crippen LogP) is 1.61. The molecule has 0 aliphatic rings. The van der Waals surface area contributed by atoms with Gasteiger partial charge in [-0.2, -0.15) is 0 Å². The van der Waals surface area contributed by atoms with E-state index in [9.17, 15) is 4.79 Å². The lowest BCUT2D eigenvalue weighted by Crippen LogP contribution is -2.37. The zero-order chi connectivity index (χ0) is 14.3. The number of nitrogens with zero attached hydrogens (tertiary/aromatic N) is 2. The number of hydrogen-bond donors (Lipinski definition) is 1. The molecule has 4 heteroatoms. The summed E-state index contributed by atoms with van der Waals surface area (Å²) in [7, 11) is 3.59. The van der Waals surface area contributed by atoms with Crippen molar-refractivity contribution in [2.24, 2.45) is 0 Å². The average molecular weight is 263 g/mol. The zero-order valence-electron chi connectivity index (χ0n) is 12.2. The average Bonchev–Trinajstić information content (AvgIpc) is 2.39. The second-order valence-electron chi connectivity index (χ2n) is 5.00. The van der Waals surface area contributed by atoms with Gasteiger partial charge in [0.2, 0.25) is 5.91 Å². The maximum Gasteiger partial charge on any atom is 0.236 e. The molecule has 2 N–H and O–H groups in total. The van der Waals surface area contributed by atoms with Crippen LogP contribution in [0.15, 0.2) is 24.3 Å². The first kappa shape index (κ1) is 15.5. The molecule has 106 valence electrons. The first-order chi connectivity index (χ1) is 9.02. The smallest absolute Gasteiger partial charge is 0.236 e. The molecule has 0 saturated carbocycles. The lowest BCUT2D eigenvalue weighted by molar-refractivity contribution is -0.129. The molecule has 0 saturated heterocycles. The predicted molar refractivity (Wildman–Crippen MR) is 80.0 cm³/mol. The van der Waals surface area contributed by atoms with Crippen LogP contribution in [0.25, 0.3) is 0 Å². The lowest BCUT2D eigenvalue weighted by Gasteiger charge is -2.21. The van der Waals surface area contributed by atoms with Gasteiger partial charge < -0.3 is 10.6 Å². The summed E-state index contributed by atoms with van der Waals surface area (Å²) in [6.45, 7) is 4.44. The van der Waals surface area contributed by atoms with Gasteiger partial charge in [-0.1, -0.05) is 19.1 Å². The summed E-state index contributed by atoms with van der Waals surface area (Å²) in [6, 6.07) is 8.00. The van der Waals surface area contributed by atoms with Crippen molar-refractivity contribution < 1.29 is 4.79 Å². The molecular weight excluding hydrogens is 238 g/mol. The molecule has 1 aromatic carbocycles. The summed E-state index contributed by atoms with van der Waals surface area (Å²) in [4.78, 5) is 15.5. The highest BCUT2D eigenvalue weighted by Gasteiger charge is 2.10. The van der Waals surface area contributed by atoms with Gasteiger partial charge in [-0.3, -0.25) is 9.69 Å². The van der Waals surface area contributed by atoms with Crippen molar-refractivity contribution in [1.29, 1.82) is 0 Å². The second kappa shape index (κ2) is 7.79. The van der Waals surface area contributed by atoms with E-state index in [0.717, 1.165) is 31.6 Å². The Morgan fingerprint density at radius 1 is 1.21 bits per heavy atom. The number of anilines is 1. The molecule has 1 rings (SSSR count). The fraction of sp³-hybridized carbons (Fsp3) is 0.533. The van der Waals surface area contributed by atoms with Gasteiger partial charge in [-0.05, 0) is 43.6 Å². The monoisotopic (exact) mass is 263 g/mol. The zero-order valence-corrected chi connectivity index (χ0v) is 12.2. The molecule has 4 nitrogen and oxygen atoms in total. The van der Waals surface area contributed by atoms with Gasteiger partial charge in [0, 0.05) is 19.8 Å². The Morgan fingerprint density at radius 2 is 1.84 bits per heavy atom. The molecule has 0 aromatic heterocycles. The van der Waals surface area contributed by atoms with E-state index in [1.165, 1.54) is 5.56 Å². The molecule has 1 aromatic rings. The van der Waals surface area contributed by atoms with Crippen LogP contribution in [0.5, 0.6) is 0 Å². The van der Waals surface area contributed by atoms with E-state index in [-0.39, 0.29) is 5.91 Å². The molecule has 0 spiro atoms. The number of benzene rings is 1. The molecule has 0 heterocycles. The van der Waals surface area contributed by atoms with Crippen LogP contribution < -0.4 is 5.73 Å². The normalized spacial score (nSPS) is 10.7. The van der Waals surface area contributed by atoms with E-state index in [4.69, 9.17) is 5.73 Å². The Bertz CT molecular complexity index is 387. The van der Waals surface area contributed by atoms with E-state index in [1.807, 2.05) is 12.1 Å². The number of rotatable bonds is 7. The minimum absolute atomic E-state index is 0.161. The van der Waals surface area contributed by atoms with Crippen LogP contribution in [0.3, 0.4) is 0 Å². The van der Waals surface area contributed by atoms with Crippen LogP contribution in [0.1, 0.15) is 18.9 Å². The third kappa shape index (κ3) is 5.75. The molecule has 0 atom stereocenters. The molecule has 0 unspecified atom stereocenters. The van der Waals surface area contributed by atoms with E-state index in [1.54, 1.807) is 19.0 Å². The molecule has 1 amide bonds. The van der Waals surface area contributed by atoms with Gasteiger partial charge >= 0.3 is 0 Å². The van der Waals surface area contributed by atoms with Crippen LogP contribution in [0, 0.1) is 0 Å². The maximum absolute atomic E-state index is 11.7. The number of carbonyl (C=O) groups is 1. The second-order valence-corrected chi connectivity index (χ2v) is 5.00. The lowest BCUT2D eigenvalue weighted by atomic mass is 10.1. The van der Waals surface area contributed by atoms with Crippen LogP contribution in [-0.4, -0.2) is 49.4 Å². The SMILES string of the molecule is CCN(CCCc1ccc(N)cc1)CC(=O)N(C)C. The van der Waals surface area contributed by atoms with Crippen molar-refractivity contribution >= 4 is 11.6 Å². The number of nitrogens with two attached hydrogens (primary N) is 1. The molecule has 0 aliphatic carbocycles. The van der Waals surface area contributed by atoms with Crippen molar-refractivity contribution in [3.05, 3.63) is 29.8 Å². The summed E-state index contributed by atoms with van der Waals surface area (Å²) in [5.74, 6) is 0.161. The minimum Gasteiger partial charge on any atom is -0.399 e. The highest BCUT2D eigenvalue weighted by molar-refractivity contribution is 5.77. The third-order valence-corrected chi connectivity index (χ3v) is 3.22. The first-order valence-corrected chi connectivity index (χ1v) is 6.80. The number of hydrogen-bond acceptors (Lipinski definition) is 3. The maximum atomic E-state index is 11.7. The first-order valence-electron chi connectivity index (χ1n) is 6.80. The number of aryl methyl sites for hydroxylation is 1. The molecule has 0 radical (unpaired) electrons. The fourth-order valence-corrected chi connectivity index (χ4v) is 1.87. The van der Waals surface area contributed by atoms with Crippen molar-refractivity contribution in [2.75, 3.05) is 39.5 Å². The van der Waals surface area contributed by atoms with Crippen LogP contribution in [0.2, 0.25) is 0 Å². The Labute approximate surface area is 116 Å². The van der Waals surface area contributed by atoms with Crippen molar-refractivity contribution in [3.8, 4) is 0 Å². The van der Waals surface area contributed by atoms with Gasteiger partial charge in [-0.15, -0.1) is 0 Å². The molecule has 0 bridgehead atoms. The summed E-state index contributed by atoms with van der Waals surface area (Å²) < 4.78 is 0. The van der Waals surface area contributed by atoms with Gasteiger partial charge in [0.05, 0.1) is 6.54 Å². The van der Waals surface area contributed by atoms with Gasteiger partial charge in [0.15, 0.2) is 0 Å². The fourth-order valence-electron chi connectivity index (χ4n) is 1.87. The summed E-state index contributed by atoms with van der Waals surface area (Å²) in [5.41, 5.74) is 7.75. The minimum atomic E-state index is 0.161. The summed E-state index contributed by atoms with van der Waals surface area (Å²) >= 11 is 0. The van der Waals surface area contributed by atoms with Gasteiger partial charge in [0.1, 0.15) is 0 Å². The van der Waals surface area contributed by atoms with E-state index < -0.39 is 0 Å². The number of nitrogen functional groups attached to an aromatic ring is 1. The number of amides is 1. The van der Waals surface area contributed by atoms with E-state index >= 15 is 0 Å². The highest BCUT2D eigenvalue weighted by Crippen LogP contribution is 2.08. The summed E-state index contributed by atoms with van der Waals surface area (Å²) in [6.07, 6.45) is 2.07. The standard InChI is InChI=1S/C15H25N3O/c1-4-18(12-15(19)17(2)3)11-5-6-13-7-9-14(16)10-8-13/h7-10H,4-6,11-12,16H2,1-3H3. The Balaban J connectivity index is 2.33. The quantitative estimate of drug-likeness (QED) is 0.760. The highest BCUT2D eigenvalue weighted by atomic mass is 16.2. The Morgan fingerprint density at radius 3 is 2.37 bits per heavy atom. The van der Waals surface area contributed by atoms with Gasteiger partial charge in [0.25, 0.3) is 0 Å². The van der Waals surface area contributed by atoms with Crippen molar-refractivity contribution in [3.63, 3.8) is 0 Å². The topological polar surface area (TPSA) is 49.6 Å². The summed E-state index contributed by atoms with van der Waals surface area (Å²) in [5, 5.41) is 0. The van der Waals surface area contributed by atoms with Crippen molar-refractivity contribution in [1.82, 2.24) is 9.80 Å². The largest absolute Gasteiger partial charge is 0.399 e. The molecule has 0 aliphatic heterocycles. The van der Waals surface area contributed by atoms with E-state index in [2.05, 4.69) is 24.0 Å². The number of likely N-dealkylation sites (N-methyl/N-ethyl adjacent to an activating group) is 2. The number of carbonyl (C=O) groups excluding carboxylic acids is 1. The van der Waals surface area contributed by atoms with Crippen LogP contribution in [0.4, 0.5) is 5.69 Å². The van der Waals surface area contributed by atoms with Gasteiger partial charge in [-0.25, -0.2) is 0 Å². The van der Waals surface area contributed by atoms with Crippen LogP contribution >= 0.6 is 0 Å². The Kier molecular flexibility index (Phi) is 6.36. The third-order valence-electron chi connectivity index (χ3n) is 3.22. The van der Waals surface area contributed by atoms with Crippen LogP contribution in [-0.2, 0) is 11.2 Å². The molecule has 19 heavy (non-hydrogen) atoms. The van der Waals surface area contributed by atoms with E-state index in [0.29, 0.717) is 6.54 Å². The Hall–Kier alpha value is -1.55.